The van der Waals surface area contributed by atoms with Crippen LogP contribution < -0.4 is 11.1 Å². The average molecular weight is 354 g/mol. The third kappa shape index (κ3) is 9.92. The van der Waals surface area contributed by atoms with Crippen molar-refractivity contribution in [3.63, 3.8) is 0 Å². The predicted octanol–water partition coefficient (Wildman–Crippen LogP) is 3.29. The van der Waals surface area contributed by atoms with Gasteiger partial charge in [-0.3, -0.25) is 9.59 Å². The smallest absolute Gasteiger partial charge is 0.320 e. The third-order valence-corrected chi connectivity index (χ3v) is 4.37. The molecule has 0 spiro atoms. The summed E-state index contributed by atoms with van der Waals surface area (Å²) in [5, 5.41) is 21.4. The molecule has 6 nitrogen and oxygen atoms in total. The van der Waals surface area contributed by atoms with Gasteiger partial charge in [0.25, 0.3) is 0 Å². The standard InChI is InChI=1S/C19H34N2O4/c1-5-7-8-9-15(14(4)22)12-13(3)17(6-2)21-18(23)11-10-16(20)19(24)25/h15-17,22H,3-12,20H2,1-2H3,(H,21,23)(H,24,25). The highest BCUT2D eigenvalue weighted by molar-refractivity contribution is 5.78. The molecule has 1 amide bonds. The maximum Gasteiger partial charge on any atom is 0.320 e. The van der Waals surface area contributed by atoms with E-state index >= 15 is 0 Å². The van der Waals surface area contributed by atoms with Crippen LogP contribution >= 0.6 is 0 Å². The molecule has 0 aliphatic heterocycles. The minimum Gasteiger partial charge on any atom is -0.513 e. The second-order valence-corrected chi connectivity index (χ2v) is 6.56. The molecule has 5 N–H and O–H groups in total. The number of carbonyl (C=O) groups excluding carboxylic acids is 1. The number of nitrogens with one attached hydrogen (secondary N) is 1. The van der Waals surface area contributed by atoms with Crippen LogP contribution in [-0.4, -0.2) is 34.2 Å². The first-order chi connectivity index (χ1) is 11.7. The summed E-state index contributed by atoms with van der Waals surface area (Å²) in [7, 11) is 0. The molecule has 25 heavy (non-hydrogen) atoms. The highest BCUT2D eigenvalue weighted by Gasteiger charge is 2.20. The number of carboxylic acids is 1. The number of unbranched alkanes of at least 4 members (excludes halogenated alkanes) is 2. The van der Waals surface area contributed by atoms with Gasteiger partial charge in [0.1, 0.15) is 6.04 Å². The molecule has 0 fully saturated rings. The van der Waals surface area contributed by atoms with Crippen molar-refractivity contribution in [2.24, 2.45) is 11.7 Å². The van der Waals surface area contributed by atoms with E-state index in [2.05, 4.69) is 25.4 Å². The summed E-state index contributed by atoms with van der Waals surface area (Å²) in [5.41, 5.74) is 6.25. The van der Waals surface area contributed by atoms with Gasteiger partial charge in [-0.15, -0.1) is 0 Å². The van der Waals surface area contributed by atoms with Gasteiger partial charge >= 0.3 is 5.97 Å². The molecule has 0 saturated heterocycles. The van der Waals surface area contributed by atoms with Crippen LogP contribution in [0.3, 0.4) is 0 Å². The lowest BCUT2D eigenvalue weighted by Gasteiger charge is -2.24. The number of amides is 1. The molecule has 0 rings (SSSR count). The van der Waals surface area contributed by atoms with Crippen molar-refractivity contribution >= 4 is 11.9 Å². The van der Waals surface area contributed by atoms with Crippen LogP contribution in [0.4, 0.5) is 0 Å². The number of aliphatic hydroxyl groups excluding tert-OH is 1. The number of carbonyl (C=O) groups is 2. The summed E-state index contributed by atoms with van der Waals surface area (Å²) in [6.07, 6.45) is 5.48. The van der Waals surface area contributed by atoms with Crippen molar-refractivity contribution in [2.75, 3.05) is 0 Å². The molecule has 6 heteroatoms. The first kappa shape index (κ1) is 23.2. The summed E-state index contributed by atoms with van der Waals surface area (Å²) < 4.78 is 0. The van der Waals surface area contributed by atoms with Crippen molar-refractivity contribution in [1.29, 1.82) is 0 Å². The monoisotopic (exact) mass is 354 g/mol. The van der Waals surface area contributed by atoms with Gasteiger partial charge in [-0.25, -0.2) is 0 Å². The third-order valence-electron chi connectivity index (χ3n) is 4.37. The van der Waals surface area contributed by atoms with Gasteiger partial charge in [0.2, 0.25) is 5.91 Å². The van der Waals surface area contributed by atoms with E-state index in [0.717, 1.165) is 31.3 Å². The Balaban J connectivity index is 4.54. The maximum atomic E-state index is 12.0. The molecule has 0 aromatic carbocycles. The molecule has 0 aliphatic carbocycles. The van der Waals surface area contributed by atoms with Crippen LogP contribution in [-0.2, 0) is 9.59 Å². The predicted molar refractivity (Wildman–Crippen MR) is 100 cm³/mol. The molecule has 3 atom stereocenters. The molecule has 0 saturated carbocycles. The lowest BCUT2D eigenvalue weighted by Crippen LogP contribution is -2.38. The van der Waals surface area contributed by atoms with Crippen LogP contribution in [0.25, 0.3) is 0 Å². The fourth-order valence-electron chi connectivity index (χ4n) is 2.66. The van der Waals surface area contributed by atoms with E-state index in [1.165, 1.54) is 0 Å². The van der Waals surface area contributed by atoms with Crippen molar-refractivity contribution in [1.82, 2.24) is 5.32 Å². The molecule has 0 aromatic rings. The zero-order valence-corrected chi connectivity index (χ0v) is 15.6. The summed E-state index contributed by atoms with van der Waals surface area (Å²) in [6.45, 7) is 11.8. The molecule has 0 aromatic heterocycles. The molecular weight excluding hydrogens is 320 g/mol. The Hall–Kier alpha value is -1.82. The number of aliphatic carboxylic acids is 1. The van der Waals surface area contributed by atoms with Crippen molar-refractivity contribution in [3.05, 3.63) is 24.5 Å². The highest BCUT2D eigenvalue weighted by Crippen LogP contribution is 2.25. The number of hydrogen-bond acceptors (Lipinski definition) is 4. The van der Waals surface area contributed by atoms with Gasteiger partial charge < -0.3 is 21.3 Å². The van der Waals surface area contributed by atoms with E-state index in [-0.39, 0.29) is 36.5 Å². The molecule has 3 unspecified atom stereocenters. The number of rotatable bonds is 14. The summed E-state index contributed by atoms with van der Waals surface area (Å²) in [6, 6.07) is -1.24. The second-order valence-electron chi connectivity index (χ2n) is 6.56. The number of nitrogens with two attached hydrogens (primary N) is 1. The Labute approximate surface area is 151 Å². The Morgan fingerprint density at radius 1 is 1.12 bits per heavy atom. The topological polar surface area (TPSA) is 113 Å². The number of hydrogen-bond donors (Lipinski definition) is 4. The van der Waals surface area contributed by atoms with E-state index in [1.54, 1.807) is 0 Å². The quantitative estimate of drug-likeness (QED) is 0.217. The molecule has 0 heterocycles. The number of allylic oxidation sites excluding steroid dienone is 1. The minimum absolute atomic E-state index is 0.0505. The number of carboxylic acid groups (broad SMARTS) is 1. The van der Waals surface area contributed by atoms with Crippen LogP contribution in [0.5, 0.6) is 0 Å². The van der Waals surface area contributed by atoms with Crippen molar-refractivity contribution in [2.45, 2.75) is 77.3 Å². The summed E-state index contributed by atoms with van der Waals surface area (Å²) >= 11 is 0. The zero-order valence-electron chi connectivity index (χ0n) is 15.6. The Morgan fingerprint density at radius 2 is 1.76 bits per heavy atom. The highest BCUT2D eigenvalue weighted by atomic mass is 16.4. The first-order valence-electron chi connectivity index (χ1n) is 9.05. The lowest BCUT2D eigenvalue weighted by atomic mass is 9.89. The molecule has 0 aliphatic rings. The second kappa shape index (κ2) is 12.5. The van der Waals surface area contributed by atoms with Crippen LogP contribution in [0.1, 0.15) is 65.2 Å². The van der Waals surface area contributed by atoms with E-state index < -0.39 is 12.0 Å². The van der Waals surface area contributed by atoms with Gasteiger partial charge in [0.05, 0.1) is 5.76 Å². The van der Waals surface area contributed by atoms with Gasteiger partial charge in [0, 0.05) is 18.4 Å². The van der Waals surface area contributed by atoms with E-state index in [9.17, 15) is 14.7 Å². The lowest BCUT2D eigenvalue weighted by molar-refractivity contribution is -0.138. The molecule has 0 radical (unpaired) electrons. The molecule has 144 valence electrons. The van der Waals surface area contributed by atoms with Crippen molar-refractivity contribution in [3.8, 4) is 0 Å². The zero-order chi connectivity index (χ0) is 19.4. The van der Waals surface area contributed by atoms with E-state index in [4.69, 9.17) is 10.8 Å². The SMILES string of the molecule is C=C(O)C(CCCCC)CC(=C)C(CC)NC(=O)CCC(N)C(=O)O. The van der Waals surface area contributed by atoms with E-state index in [1.807, 2.05) is 6.92 Å². The van der Waals surface area contributed by atoms with Crippen LogP contribution in [0.2, 0.25) is 0 Å². The maximum absolute atomic E-state index is 12.0. The van der Waals surface area contributed by atoms with Gasteiger partial charge in [-0.05, 0) is 25.7 Å². The van der Waals surface area contributed by atoms with Gasteiger partial charge in [-0.1, -0.05) is 51.8 Å². The molecular formula is C19H34N2O4. The fraction of sp³-hybridized carbons (Fsp3) is 0.684. The van der Waals surface area contributed by atoms with Crippen molar-refractivity contribution < 1.29 is 19.8 Å². The Kier molecular flexibility index (Phi) is 11.6. The number of aliphatic hydroxyl groups is 1. The normalized spacial score (nSPS) is 14.4. The van der Waals surface area contributed by atoms with E-state index in [0.29, 0.717) is 12.8 Å². The summed E-state index contributed by atoms with van der Waals surface area (Å²) in [4.78, 5) is 22.7. The minimum atomic E-state index is -1.11. The Morgan fingerprint density at radius 3 is 2.24 bits per heavy atom. The first-order valence-corrected chi connectivity index (χ1v) is 9.05. The van der Waals surface area contributed by atoms with Crippen LogP contribution in [0.15, 0.2) is 24.5 Å². The summed E-state index contributed by atoms with van der Waals surface area (Å²) in [5.74, 6) is -1.24. The van der Waals surface area contributed by atoms with Gasteiger partial charge in [-0.2, -0.15) is 0 Å². The fourth-order valence-corrected chi connectivity index (χ4v) is 2.66. The average Bonchev–Trinajstić information content (AvgIpc) is 2.56. The van der Waals surface area contributed by atoms with Gasteiger partial charge in [0.15, 0.2) is 0 Å². The largest absolute Gasteiger partial charge is 0.513 e. The van der Waals surface area contributed by atoms with Crippen LogP contribution in [0, 0.1) is 5.92 Å². The Bertz CT molecular complexity index is 462. The molecule has 0 bridgehead atoms.